The molecule has 1 fully saturated rings. The van der Waals surface area contributed by atoms with Crippen LogP contribution in [0.4, 0.5) is 9.52 Å². The summed E-state index contributed by atoms with van der Waals surface area (Å²) >= 11 is 1.26. The first-order valence-electron chi connectivity index (χ1n) is 10.5. The number of benzene rings is 2. The van der Waals surface area contributed by atoms with Gasteiger partial charge in [0, 0.05) is 32.6 Å². The smallest absolute Gasteiger partial charge is 0.240 e. The topological polar surface area (TPSA) is 65.5 Å². The van der Waals surface area contributed by atoms with Gasteiger partial charge in [0.15, 0.2) is 5.13 Å². The van der Waals surface area contributed by atoms with Crippen LogP contribution in [-0.2, 0) is 16.0 Å². The number of aryl methyl sites for hydroxylation is 1. The first-order chi connectivity index (χ1) is 15.1. The molecule has 1 aliphatic rings. The summed E-state index contributed by atoms with van der Waals surface area (Å²) in [6, 6.07) is 14.6. The molecule has 2 amide bonds. The zero-order chi connectivity index (χ0) is 21.6. The number of nitrogens with one attached hydrogen (secondary N) is 1. The summed E-state index contributed by atoms with van der Waals surface area (Å²) in [4.78, 5) is 33.1. The third kappa shape index (κ3) is 5.86. The van der Waals surface area contributed by atoms with Gasteiger partial charge < -0.3 is 10.2 Å². The molecule has 2 heterocycles. The van der Waals surface area contributed by atoms with Gasteiger partial charge in [0.05, 0.1) is 16.8 Å². The van der Waals surface area contributed by atoms with Crippen LogP contribution in [0.15, 0.2) is 48.5 Å². The molecule has 2 aromatic carbocycles. The number of hydrogen-bond acceptors (Lipinski definition) is 5. The van der Waals surface area contributed by atoms with Crippen molar-refractivity contribution in [1.82, 2.24) is 14.8 Å². The second-order valence-corrected chi connectivity index (χ2v) is 8.71. The first-order valence-corrected chi connectivity index (χ1v) is 11.3. The molecule has 8 heteroatoms. The maximum absolute atomic E-state index is 13.3. The third-order valence-corrected chi connectivity index (χ3v) is 6.32. The van der Waals surface area contributed by atoms with E-state index in [4.69, 9.17) is 0 Å². The maximum Gasteiger partial charge on any atom is 0.240 e. The molecule has 0 bridgehead atoms. The van der Waals surface area contributed by atoms with Gasteiger partial charge in [0.25, 0.3) is 0 Å². The normalized spacial score (nSPS) is 14.7. The zero-order valence-electron chi connectivity index (χ0n) is 17.2. The van der Waals surface area contributed by atoms with Gasteiger partial charge in [-0.3, -0.25) is 14.5 Å². The van der Waals surface area contributed by atoms with E-state index in [0.717, 1.165) is 12.8 Å². The number of carbonyl (C=O) groups is 2. The third-order valence-electron chi connectivity index (χ3n) is 5.39. The molecule has 31 heavy (non-hydrogen) atoms. The van der Waals surface area contributed by atoms with E-state index >= 15 is 0 Å². The lowest BCUT2D eigenvalue weighted by Crippen LogP contribution is -2.50. The number of amides is 2. The lowest BCUT2D eigenvalue weighted by molar-refractivity contribution is -0.133. The SMILES string of the molecule is O=C(CN1CCN(C(=O)CCCc2ccccc2)CC1)Nc1nc2ccc(F)cc2s1. The van der Waals surface area contributed by atoms with Crippen molar-refractivity contribution < 1.29 is 14.0 Å². The van der Waals surface area contributed by atoms with Gasteiger partial charge in [0.2, 0.25) is 11.8 Å². The number of rotatable bonds is 7. The van der Waals surface area contributed by atoms with Crippen LogP contribution in [0.3, 0.4) is 0 Å². The maximum atomic E-state index is 13.3. The number of fused-ring (bicyclic) bond motifs is 1. The number of nitrogens with zero attached hydrogens (tertiary/aromatic N) is 3. The van der Waals surface area contributed by atoms with Crippen molar-refractivity contribution in [2.75, 3.05) is 38.0 Å². The fourth-order valence-electron chi connectivity index (χ4n) is 3.72. The number of carbonyl (C=O) groups excluding carboxylic acids is 2. The highest BCUT2D eigenvalue weighted by Crippen LogP contribution is 2.26. The highest BCUT2D eigenvalue weighted by atomic mass is 32.1. The van der Waals surface area contributed by atoms with Crippen LogP contribution in [0, 0.1) is 5.82 Å². The quantitative estimate of drug-likeness (QED) is 0.610. The van der Waals surface area contributed by atoms with Gasteiger partial charge in [-0.1, -0.05) is 41.7 Å². The fourth-order valence-corrected chi connectivity index (χ4v) is 4.62. The Bertz CT molecular complexity index is 1050. The van der Waals surface area contributed by atoms with E-state index in [9.17, 15) is 14.0 Å². The highest BCUT2D eigenvalue weighted by Gasteiger charge is 2.22. The van der Waals surface area contributed by atoms with Crippen molar-refractivity contribution in [3.63, 3.8) is 0 Å². The molecule has 1 aliphatic heterocycles. The summed E-state index contributed by atoms with van der Waals surface area (Å²) in [5.74, 6) is -0.287. The van der Waals surface area contributed by atoms with E-state index < -0.39 is 0 Å². The average Bonchev–Trinajstić information content (AvgIpc) is 3.16. The van der Waals surface area contributed by atoms with Crippen molar-refractivity contribution in [1.29, 1.82) is 0 Å². The van der Waals surface area contributed by atoms with Gasteiger partial charge in [-0.05, 0) is 36.6 Å². The summed E-state index contributed by atoms with van der Waals surface area (Å²) in [6.45, 7) is 2.86. The Morgan fingerprint density at radius 3 is 2.61 bits per heavy atom. The van der Waals surface area contributed by atoms with E-state index in [1.165, 1.54) is 29.0 Å². The predicted octanol–water partition coefficient (Wildman–Crippen LogP) is 3.54. The van der Waals surface area contributed by atoms with Gasteiger partial charge in [-0.2, -0.15) is 0 Å². The predicted molar refractivity (Wildman–Crippen MR) is 121 cm³/mol. The van der Waals surface area contributed by atoms with Crippen LogP contribution in [-0.4, -0.2) is 59.3 Å². The Morgan fingerprint density at radius 1 is 1.06 bits per heavy atom. The monoisotopic (exact) mass is 440 g/mol. The van der Waals surface area contributed by atoms with Crippen LogP contribution in [0.25, 0.3) is 10.2 Å². The van der Waals surface area contributed by atoms with E-state index in [2.05, 4.69) is 22.4 Å². The van der Waals surface area contributed by atoms with Gasteiger partial charge >= 0.3 is 0 Å². The second-order valence-electron chi connectivity index (χ2n) is 7.68. The van der Waals surface area contributed by atoms with Crippen molar-refractivity contribution in [3.8, 4) is 0 Å². The molecule has 0 unspecified atom stereocenters. The Kier molecular flexibility index (Phi) is 6.89. The van der Waals surface area contributed by atoms with Crippen LogP contribution < -0.4 is 5.32 Å². The van der Waals surface area contributed by atoms with Crippen molar-refractivity contribution in [3.05, 3.63) is 59.9 Å². The molecule has 0 spiro atoms. The Hall–Kier alpha value is -2.84. The Balaban J connectivity index is 1.18. The van der Waals surface area contributed by atoms with Crippen LogP contribution in [0.1, 0.15) is 18.4 Å². The second kappa shape index (κ2) is 9.98. The van der Waals surface area contributed by atoms with E-state index in [0.29, 0.717) is 47.9 Å². The summed E-state index contributed by atoms with van der Waals surface area (Å²) in [6.07, 6.45) is 2.30. The van der Waals surface area contributed by atoms with E-state index in [1.54, 1.807) is 6.07 Å². The molecule has 3 aromatic rings. The minimum atomic E-state index is -0.318. The van der Waals surface area contributed by atoms with Gasteiger partial charge in [0.1, 0.15) is 5.82 Å². The molecule has 0 aliphatic carbocycles. The van der Waals surface area contributed by atoms with Crippen LogP contribution in [0.2, 0.25) is 0 Å². The lowest BCUT2D eigenvalue weighted by atomic mass is 10.1. The molecule has 6 nitrogen and oxygen atoms in total. The summed E-state index contributed by atoms with van der Waals surface area (Å²) < 4.78 is 14.0. The Labute approximate surface area is 184 Å². The molecule has 1 N–H and O–H groups in total. The highest BCUT2D eigenvalue weighted by molar-refractivity contribution is 7.22. The number of anilines is 1. The molecule has 4 rings (SSSR count). The zero-order valence-corrected chi connectivity index (χ0v) is 18.0. The van der Waals surface area contributed by atoms with Gasteiger partial charge in [-0.25, -0.2) is 9.37 Å². The molecule has 0 radical (unpaired) electrons. The number of piperazine rings is 1. The number of thiazole rings is 1. The average molecular weight is 441 g/mol. The number of hydrogen-bond donors (Lipinski definition) is 1. The largest absolute Gasteiger partial charge is 0.340 e. The summed E-state index contributed by atoms with van der Waals surface area (Å²) in [7, 11) is 0. The van der Waals surface area contributed by atoms with Crippen molar-refractivity contribution >= 4 is 38.5 Å². The fraction of sp³-hybridized carbons (Fsp3) is 0.348. The number of halogens is 1. The minimum Gasteiger partial charge on any atom is -0.340 e. The molecule has 0 atom stereocenters. The van der Waals surface area contributed by atoms with Gasteiger partial charge in [-0.15, -0.1) is 0 Å². The molecular formula is C23H25FN4O2S. The minimum absolute atomic E-state index is 0.151. The lowest BCUT2D eigenvalue weighted by Gasteiger charge is -2.34. The summed E-state index contributed by atoms with van der Waals surface area (Å²) in [5.41, 5.74) is 1.92. The molecular weight excluding hydrogens is 415 g/mol. The van der Waals surface area contributed by atoms with E-state index in [-0.39, 0.29) is 24.2 Å². The Morgan fingerprint density at radius 2 is 1.84 bits per heavy atom. The van der Waals surface area contributed by atoms with E-state index in [1.807, 2.05) is 28.0 Å². The standard InChI is InChI=1S/C23H25FN4O2S/c24-18-9-10-19-20(15-18)31-23(25-19)26-21(29)16-27-11-13-28(14-12-27)22(30)8-4-7-17-5-2-1-3-6-17/h1-3,5-6,9-10,15H,4,7-8,11-14,16H2,(H,25,26,29). The van der Waals surface area contributed by atoms with Crippen molar-refractivity contribution in [2.24, 2.45) is 0 Å². The first kappa shape index (κ1) is 21.4. The molecule has 1 aromatic heterocycles. The van der Waals surface area contributed by atoms with Crippen LogP contribution >= 0.6 is 11.3 Å². The number of aromatic nitrogens is 1. The molecule has 1 saturated heterocycles. The van der Waals surface area contributed by atoms with Crippen LogP contribution in [0.5, 0.6) is 0 Å². The summed E-state index contributed by atoms with van der Waals surface area (Å²) in [5, 5.41) is 3.27. The van der Waals surface area contributed by atoms with Crippen molar-refractivity contribution in [2.45, 2.75) is 19.3 Å². The molecule has 0 saturated carbocycles. The molecule has 162 valence electrons.